The Labute approximate surface area is 203 Å². The van der Waals surface area contributed by atoms with E-state index in [1.807, 2.05) is 24.3 Å². The topological polar surface area (TPSA) is 133 Å². The number of nitrogens with one attached hydrogen (secondary N) is 3. The van der Waals surface area contributed by atoms with Crippen LogP contribution in [0.3, 0.4) is 0 Å². The molecule has 10 nitrogen and oxygen atoms in total. The molecule has 2 fully saturated rings. The summed E-state index contributed by atoms with van der Waals surface area (Å²) in [7, 11) is -3.27. The average molecular weight is 507 g/mol. The number of hydrogen-bond donors (Lipinski definition) is 3. The first-order chi connectivity index (χ1) is 16.2. The maximum absolute atomic E-state index is 13.1. The third-order valence-corrected chi connectivity index (χ3v) is 7.24. The van der Waals surface area contributed by atoms with E-state index < -0.39 is 22.1 Å². The number of urea groups is 1. The van der Waals surface area contributed by atoms with Crippen LogP contribution < -0.4 is 20.3 Å². The second-order valence-electron chi connectivity index (χ2n) is 8.78. The van der Waals surface area contributed by atoms with Crippen molar-refractivity contribution in [2.45, 2.75) is 43.6 Å². The van der Waals surface area contributed by atoms with Crippen LogP contribution in [0, 0.1) is 0 Å². The third kappa shape index (κ3) is 5.65. The Hall–Kier alpha value is -2.76. The van der Waals surface area contributed by atoms with Crippen molar-refractivity contribution in [3.8, 4) is 0 Å². The number of rotatable bonds is 7. The molecule has 1 saturated carbocycles. The second kappa shape index (κ2) is 9.85. The quantitative estimate of drug-likeness (QED) is 0.528. The first-order valence-electron chi connectivity index (χ1n) is 11.1. The van der Waals surface area contributed by atoms with Crippen molar-refractivity contribution in [2.24, 2.45) is 0 Å². The Morgan fingerprint density at radius 3 is 2.50 bits per heavy atom. The number of carbonyl (C=O) groups excluding carboxylic acids is 2. The van der Waals surface area contributed by atoms with Crippen molar-refractivity contribution in [1.82, 2.24) is 20.0 Å². The molecule has 0 radical (unpaired) electrons. The molecule has 2 aliphatic rings. The highest BCUT2D eigenvalue weighted by Crippen LogP contribution is 2.43. The Morgan fingerprint density at radius 1 is 1.18 bits per heavy atom. The van der Waals surface area contributed by atoms with Gasteiger partial charge in [0.15, 0.2) is 5.82 Å². The van der Waals surface area contributed by atoms with Gasteiger partial charge in [-0.05, 0) is 43.4 Å². The summed E-state index contributed by atoms with van der Waals surface area (Å²) >= 11 is 5.70. The molecular formula is C22H27ClN6O4S. The first kappa shape index (κ1) is 24.4. The summed E-state index contributed by atoms with van der Waals surface area (Å²) in [5, 5.41) is 5.47. The Kier molecular flexibility index (Phi) is 7.06. The number of benzene rings is 1. The van der Waals surface area contributed by atoms with Crippen LogP contribution in [0.4, 0.5) is 16.3 Å². The number of piperidine rings is 1. The molecule has 0 spiro atoms. The minimum Gasteiger partial charge on any atom is -0.326 e. The van der Waals surface area contributed by atoms with E-state index in [0.29, 0.717) is 19.5 Å². The SMILES string of the molecule is CS(=O)(=O)NCC1(c2ccc(N3CCC[C@H](NC(=O)Nc4cnc(Cl)cn4)C3=O)cc2)CCC1. The molecule has 0 unspecified atom stereocenters. The number of carbonyl (C=O) groups is 2. The summed E-state index contributed by atoms with van der Waals surface area (Å²) in [6, 6.07) is 6.51. The Bertz CT molecular complexity index is 1150. The zero-order chi connectivity index (χ0) is 24.3. The highest BCUT2D eigenvalue weighted by Gasteiger charge is 2.39. The summed E-state index contributed by atoms with van der Waals surface area (Å²) in [6.45, 7) is 0.925. The lowest BCUT2D eigenvalue weighted by molar-refractivity contribution is -0.121. The van der Waals surface area contributed by atoms with Crippen molar-refractivity contribution < 1.29 is 18.0 Å². The molecule has 3 amide bonds. The van der Waals surface area contributed by atoms with E-state index in [2.05, 4.69) is 25.3 Å². The van der Waals surface area contributed by atoms with Crippen LogP contribution in [0.1, 0.15) is 37.7 Å². The maximum atomic E-state index is 13.1. The smallest absolute Gasteiger partial charge is 0.321 e. The van der Waals surface area contributed by atoms with Gasteiger partial charge in [-0.2, -0.15) is 0 Å². The fourth-order valence-corrected chi connectivity index (χ4v) is 5.02. The van der Waals surface area contributed by atoms with Crippen LogP contribution in [0.2, 0.25) is 5.15 Å². The normalized spacial score (nSPS) is 19.9. The summed E-state index contributed by atoms with van der Waals surface area (Å²) in [6.07, 6.45) is 7.97. The zero-order valence-corrected chi connectivity index (χ0v) is 20.3. The number of halogens is 1. The fraction of sp³-hybridized carbons (Fsp3) is 0.455. The van der Waals surface area contributed by atoms with Crippen molar-refractivity contribution in [2.75, 3.05) is 29.6 Å². The van der Waals surface area contributed by atoms with E-state index in [4.69, 9.17) is 11.6 Å². The van der Waals surface area contributed by atoms with E-state index >= 15 is 0 Å². The Morgan fingerprint density at radius 2 is 1.91 bits per heavy atom. The molecule has 2 aromatic rings. The molecule has 12 heteroatoms. The average Bonchev–Trinajstić information content (AvgIpc) is 2.76. The fourth-order valence-electron chi connectivity index (χ4n) is 4.39. The van der Waals surface area contributed by atoms with Crippen molar-refractivity contribution >= 4 is 45.1 Å². The van der Waals surface area contributed by atoms with Gasteiger partial charge in [-0.25, -0.2) is 27.9 Å². The minimum absolute atomic E-state index is 0.187. The predicted molar refractivity (Wildman–Crippen MR) is 129 cm³/mol. The van der Waals surface area contributed by atoms with Gasteiger partial charge >= 0.3 is 6.03 Å². The summed E-state index contributed by atoms with van der Waals surface area (Å²) in [4.78, 5) is 34.9. The van der Waals surface area contributed by atoms with Crippen LogP contribution in [-0.2, 0) is 20.2 Å². The summed E-state index contributed by atoms with van der Waals surface area (Å²) in [5.41, 5.74) is 1.59. The molecule has 1 saturated heterocycles. The van der Waals surface area contributed by atoms with Crippen molar-refractivity contribution in [1.29, 1.82) is 0 Å². The van der Waals surface area contributed by atoms with Crippen LogP contribution in [0.25, 0.3) is 0 Å². The molecule has 1 aromatic heterocycles. The Balaban J connectivity index is 1.40. The summed E-state index contributed by atoms with van der Waals surface area (Å²) < 4.78 is 25.8. The van der Waals surface area contributed by atoms with Gasteiger partial charge < -0.3 is 10.2 Å². The molecule has 182 valence electrons. The highest BCUT2D eigenvalue weighted by molar-refractivity contribution is 7.88. The predicted octanol–water partition coefficient (Wildman–Crippen LogP) is 2.42. The van der Waals surface area contributed by atoms with Gasteiger partial charge in [0.05, 0.1) is 18.6 Å². The maximum Gasteiger partial charge on any atom is 0.321 e. The van der Waals surface area contributed by atoms with Crippen LogP contribution >= 0.6 is 11.6 Å². The van der Waals surface area contributed by atoms with Crippen molar-refractivity contribution in [3.63, 3.8) is 0 Å². The number of aromatic nitrogens is 2. The van der Waals surface area contributed by atoms with Crippen molar-refractivity contribution in [3.05, 3.63) is 47.4 Å². The number of anilines is 2. The van der Waals surface area contributed by atoms with Gasteiger partial charge in [0.25, 0.3) is 0 Å². The molecule has 4 rings (SSSR count). The molecular weight excluding hydrogens is 480 g/mol. The molecule has 1 aromatic carbocycles. The van der Waals surface area contributed by atoms with Gasteiger partial charge in [-0.1, -0.05) is 30.2 Å². The minimum atomic E-state index is -3.27. The monoisotopic (exact) mass is 506 g/mol. The summed E-state index contributed by atoms with van der Waals surface area (Å²) in [5.74, 6) is 0.0429. The zero-order valence-electron chi connectivity index (χ0n) is 18.8. The van der Waals surface area contributed by atoms with Crippen LogP contribution in [-0.4, -0.2) is 55.7 Å². The largest absolute Gasteiger partial charge is 0.326 e. The molecule has 34 heavy (non-hydrogen) atoms. The van der Waals surface area contributed by atoms with E-state index in [0.717, 1.165) is 43.2 Å². The van der Waals surface area contributed by atoms with Gasteiger partial charge in [0.2, 0.25) is 15.9 Å². The van der Waals surface area contributed by atoms with Gasteiger partial charge in [-0.15, -0.1) is 0 Å². The number of hydrogen-bond acceptors (Lipinski definition) is 6. The van der Waals surface area contributed by atoms with Gasteiger partial charge in [0, 0.05) is 24.2 Å². The molecule has 1 aliphatic carbocycles. The second-order valence-corrected chi connectivity index (χ2v) is 11.0. The number of sulfonamides is 1. The molecule has 3 N–H and O–H groups in total. The first-order valence-corrected chi connectivity index (χ1v) is 13.3. The molecule has 2 heterocycles. The molecule has 1 aliphatic heterocycles. The van der Waals surface area contributed by atoms with E-state index in [-0.39, 0.29) is 22.3 Å². The standard InChI is InChI=1S/C22H27ClN6O4S/c1-34(32,33)26-14-22(9-3-10-22)15-5-7-16(8-6-15)29-11-2-4-17(20(29)30)27-21(31)28-19-13-24-18(23)12-25-19/h5-8,12-13,17,26H,2-4,9-11,14H2,1H3,(H2,25,27,28,31)/t17-/m0/s1. The highest BCUT2D eigenvalue weighted by atomic mass is 35.5. The third-order valence-electron chi connectivity index (χ3n) is 6.38. The molecule has 1 atom stereocenters. The lowest BCUT2D eigenvalue weighted by Crippen LogP contribution is -2.53. The lowest BCUT2D eigenvalue weighted by atomic mass is 9.64. The van der Waals surface area contributed by atoms with Gasteiger partial charge in [-0.3, -0.25) is 10.1 Å². The van der Waals surface area contributed by atoms with Gasteiger partial charge in [0.1, 0.15) is 11.2 Å². The number of nitrogens with zero attached hydrogens (tertiary/aromatic N) is 3. The lowest BCUT2D eigenvalue weighted by Gasteiger charge is -2.42. The molecule has 0 bridgehead atoms. The van der Waals surface area contributed by atoms with Crippen LogP contribution in [0.5, 0.6) is 0 Å². The van der Waals surface area contributed by atoms with E-state index in [9.17, 15) is 18.0 Å². The van der Waals surface area contributed by atoms with E-state index in [1.54, 1.807) is 4.90 Å². The number of amides is 3. The van der Waals surface area contributed by atoms with Crippen LogP contribution in [0.15, 0.2) is 36.7 Å². The van der Waals surface area contributed by atoms with E-state index in [1.165, 1.54) is 12.4 Å².